The van der Waals surface area contributed by atoms with Crippen LogP contribution in [0.25, 0.3) is 0 Å². The van der Waals surface area contributed by atoms with Crippen LogP contribution < -0.4 is 16.1 Å². The maximum absolute atomic E-state index is 11.6. The van der Waals surface area contributed by atoms with E-state index < -0.39 is 23.3 Å². The number of carbonyl (C=O) groups is 2. The van der Waals surface area contributed by atoms with E-state index in [4.69, 9.17) is 14.2 Å². The number of carbonyl (C=O) groups excluding carboxylic acids is 2. The summed E-state index contributed by atoms with van der Waals surface area (Å²) in [6.07, 6.45) is 0.570. The van der Waals surface area contributed by atoms with Gasteiger partial charge in [0.15, 0.2) is 6.29 Å². The second kappa shape index (κ2) is 14.7. The van der Waals surface area contributed by atoms with E-state index in [9.17, 15) is 19.7 Å². The van der Waals surface area contributed by atoms with Crippen molar-refractivity contribution in [2.45, 2.75) is 33.2 Å². The van der Waals surface area contributed by atoms with Gasteiger partial charge in [-0.2, -0.15) is 5.10 Å². The van der Waals surface area contributed by atoms with Crippen molar-refractivity contribution in [3.05, 3.63) is 39.9 Å². The Balaban J connectivity index is 2.12. The second-order valence-electron chi connectivity index (χ2n) is 5.70. The molecule has 0 bridgehead atoms. The van der Waals surface area contributed by atoms with Crippen molar-refractivity contribution in [1.29, 1.82) is 0 Å². The Labute approximate surface area is 174 Å². The van der Waals surface area contributed by atoms with Gasteiger partial charge in [0.1, 0.15) is 6.61 Å². The molecule has 3 N–H and O–H groups in total. The number of benzene rings is 1. The van der Waals surface area contributed by atoms with E-state index in [0.29, 0.717) is 38.3 Å². The fraction of sp³-hybridized carbons (Fsp3) is 0.500. The minimum absolute atomic E-state index is 0.00697. The quantitative estimate of drug-likeness (QED) is 0.143. The number of alkyl carbamates (subject to hydrolysis) is 1. The molecule has 0 aromatic heterocycles. The van der Waals surface area contributed by atoms with Crippen molar-refractivity contribution < 1.29 is 28.7 Å². The molecule has 1 rings (SSSR count). The van der Waals surface area contributed by atoms with Gasteiger partial charge in [0.05, 0.1) is 11.1 Å². The number of nitro groups is 1. The van der Waals surface area contributed by atoms with Crippen molar-refractivity contribution >= 4 is 24.0 Å². The van der Waals surface area contributed by atoms with Gasteiger partial charge < -0.3 is 24.8 Å². The van der Waals surface area contributed by atoms with Crippen molar-refractivity contribution in [1.82, 2.24) is 16.1 Å². The van der Waals surface area contributed by atoms with E-state index in [-0.39, 0.29) is 12.3 Å². The maximum atomic E-state index is 11.6. The molecule has 0 saturated carbocycles. The van der Waals surface area contributed by atoms with Crippen molar-refractivity contribution in [3.8, 4) is 0 Å². The fourth-order valence-electron chi connectivity index (χ4n) is 2.05. The Morgan fingerprint density at radius 3 is 2.37 bits per heavy atom. The average Bonchev–Trinajstić information content (AvgIpc) is 2.72. The van der Waals surface area contributed by atoms with Crippen LogP contribution in [0.2, 0.25) is 0 Å². The first-order chi connectivity index (χ1) is 14.5. The molecule has 1 aromatic rings. The van der Waals surface area contributed by atoms with Gasteiger partial charge in [-0.15, -0.1) is 0 Å². The van der Waals surface area contributed by atoms with Gasteiger partial charge in [-0.05, 0) is 38.0 Å². The molecule has 0 saturated heterocycles. The monoisotopic (exact) mass is 425 g/mol. The van der Waals surface area contributed by atoms with Crippen LogP contribution in [0.5, 0.6) is 0 Å². The third kappa shape index (κ3) is 10.9. The first-order valence-electron chi connectivity index (χ1n) is 9.40. The van der Waals surface area contributed by atoms with E-state index in [1.165, 1.54) is 30.5 Å². The molecule has 0 aliphatic heterocycles. The molecule has 0 heterocycles. The van der Waals surface area contributed by atoms with Crippen LogP contribution in [0.15, 0.2) is 29.4 Å². The molecule has 0 aliphatic rings. The van der Waals surface area contributed by atoms with Crippen molar-refractivity contribution in [3.63, 3.8) is 0 Å². The Hall–Kier alpha value is -3.25. The highest BCUT2D eigenvalue weighted by atomic mass is 16.7. The smallest absolute Gasteiger partial charge is 0.407 e. The van der Waals surface area contributed by atoms with Gasteiger partial charge in [0.25, 0.3) is 5.69 Å². The van der Waals surface area contributed by atoms with Crippen LogP contribution in [-0.4, -0.2) is 55.9 Å². The van der Waals surface area contributed by atoms with E-state index in [1.54, 1.807) is 0 Å². The normalized spacial score (nSPS) is 10.8. The largest absolute Gasteiger partial charge is 0.445 e. The van der Waals surface area contributed by atoms with Gasteiger partial charge in [-0.25, -0.2) is 15.0 Å². The molecule has 166 valence electrons. The van der Waals surface area contributed by atoms with Gasteiger partial charge in [0, 0.05) is 38.4 Å². The molecule has 3 amide bonds. The number of nitro benzene ring substituents is 1. The van der Waals surface area contributed by atoms with E-state index in [1.807, 2.05) is 13.8 Å². The first kappa shape index (κ1) is 24.8. The summed E-state index contributed by atoms with van der Waals surface area (Å²) in [6, 6.07) is 5.21. The lowest BCUT2D eigenvalue weighted by Gasteiger charge is -2.11. The van der Waals surface area contributed by atoms with Gasteiger partial charge in [0.2, 0.25) is 0 Å². The summed E-state index contributed by atoms with van der Waals surface area (Å²) in [4.78, 5) is 33.3. The molecular formula is C18H27N5O7. The summed E-state index contributed by atoms with van der Waals surface area (Å²) >= 11 is 0. The molecule has 0 aliphatic carbocycles. The lowest BCUT2D eigenvalue weighted by atomic mass is 10.2. The summed E-state index contributed by atoms with van der Waals surface area (Å²) in [7, 11) is 0. The SMILES string of the molecule is CCOC(C=NNC(=O)NCCCNC(=O)OCc1ccc([N+](=O)[O-])cc1)OCC. The zero-order valence-electron chi connectivity index (χ0n) is 17.0. The minimum Gasteiger partial charge on any atom is -0.445 e. The number of hydrazone groups is 1. The number of rotatable bonds is 13. The lowest BCUT2D eigenvalue weighted by Crippen LogP contribution is -2.35. The topological polar surface area (TPSA) is 153 Å². The molecule has 30 heavy (non-hydrogen) atoms. The number of nitrogens with one attached hydrogen (secondary N) is 3. The summed E-state index contributed by atoms with van der Waals surface area (Å²) in [5.74, 6) is 0. The average molecular weight is 425 g/mol. The van der Waals surface area contributed by atoms with Crippen molar-refractivity contribution in [2.75, 3.05) is 26.3 Å². The third-order valence-electron chi connectivity index (χ3n) is 3.45. The highest BCUT2D eigenvalue weighted by Gasteiger charge is 2.07. The van der Waals surface area contributed by atoms with E-state index in [2.05, 4.69) is 21.2 Å². The number of nitrogens with zero attached hydrogens (tertiary/aromatic N) is 2. The lowest BCUT2D eigenvalue weighted by molar-refractivity contribution is -0.384. The fourth-order valence-corrected chi connectivity index (χ4v) is 2.05. The number of amides is 3. The Morgan fingerprint density at radius 2 is 1.77 bits per heavy atom. The minimum atomic E-state index is -0.625. The zero-order chi connectivity index (χ0) is 22.2. The molecule has 1 aromatic carbocycles. The molecule has 0 unspecified atom stereocenters. The van der Waals surface area contributed by atoms with Crippen LogP contribution >= 0.6 is 0 Å². The highest BCUT2D eigenvalue weighted by molar-refractivity contribution is 5.75. The van der Waals surface area contributed by atoms with Crippen molar-refractivity contribution in [2.24, 2.45) is 5.10 Å². The van der Waals surface area contributed by atoms with Crippen LogP contribution in [0.3, 0.4) is 0 Å². The van der Waals surface area contributed by atoms with E-state index >= 15 is 0 Å². The number of urea groups is 1. The Bertz CT molecular complexity index is 691. The number of hydrogen-bond donors (Lipinski definition) is 3. The highest BCUT2D eigenvalue weighted by Crippen LogP contribution is 2.12. The molecule has 0 spiro atoms. The van der Waals surface area contributed by atoms with Gasteiger partial charge in [-0.1, -0.05) is 0 Å². The number of non-ortho nitro benzene ring substituents is 1. The molecule has 0 atom stereocenters. The summed E-state index contributed by atoms with van der Waals surface area (Å²) in [6.45, 7) is 5.13. The Kier molecular flexibility index (Phi) is 12.2. The summed E-state index contributed by atoms with van der Waals surface area (Å²) < 4.78 is 15.5. The number of hydrogen-bond acceptors (Lipinski definition) is 8. The standard InChI is InChI=1S/C18H27N5O7/c1-3-28-16(29-4-2)12-21-22-17(24)19-10-5-11-20-18(25)30-13-14-6-8-15(9-7-14)23(26)27/h6-9,12,16H,3-5,10-11,13H2,1-2H3,(H,20,25)(H2,19,22,24). The van der Waals surface area contributed by atoms with Gasteiger partial charge >= 0.3 is 12.1 Å². The van der Waals surface area contributed by atoms with Crippen LogP contribution in [0, 0.1) is 10.1 Å². The molecular weight excluding hydrogens is 398 g/mol. The van der Waals surface area contributed by atoms with Crippen LogP contribution in [0.4, 0.5) is 15.3 Å². The molecule has 12 nitrogen and oxygen atoms in total. The first-order valence-corrected chi connectivity index (χ1v) is 9.40. The predicted molar refractivity (Wildman–Crippen MR) is 108 cm³/mol. The predicted octanol–water partition coefficient (Wildman–Crippen LogP) is 1.90. The summed E-state index contributed by atoms with van der Waals surface area (Å²) in [5, 5.41) is 19.4. The second-order valence-corrected chi connectivity index (χ2v) is 5.70. The molecule has 0 fully saturated rings. The number of ether oxygens (including phenoxy) is 3. The zero-order valence-corrected chi connectivity index (χ0v) is 17.0. The van der Waals surface area contributed by atoms with Gasteiger partial charge in [-0.3, -0.25) is 10.1 Å². The molecule has 12 heteroatoms. The summed E-state index contributed by atoms with van der Waals surface area (Å²) in [5.41, 5.74) is 2.88. The Morgan fingerprint density at radius 1 is 1.13 bits per heavy atom. The van der Waals surface area contributed by atoms with E-state index in [0.717, 1.165) is 0 Å². The van der Waals surface area contributed by atoms with Crippen LogP contribution in [-0.2, 0) is 20.8 Å². The maximum Gasteiger partial charge on any atom is 0.407 e. The third-order valence-corrected chi connectivity index (χ3v) is 3.45. The van der Waals surface area contributed by atoms with Crippen LogP contribution in [0.1, 0.15) is 25.8 Å². The molecule has 0 radical (unpaired) electrons.